The zero-order valence-electron chi connectivity index (χ0n) is 15.8. The van der Waals surface area contributed by atoms with Crippen LogP contribution in [0.4, 0.5) is 5.69 Å². The summed E-state index contributed by atoms with van der Waals surface area (Å²) in [5.41, 5.74) is 3.41. The summed E-state index contributed by atoms with van der Waals surface area (Å²) in [5.74, 6) is -1.24. The van der Waals surface area contributed by atoms with E-state index in [4.69, 9.17) is 0 Å². The topological polar surface area (TPSA) is 71.1 Å². The van der Waals surface area contributed by atoms with Gasteiger partial charge in [0.15, 0.2) is 0 Å². The van der Waals surface area contributed by atoms with Crippen LogP contribution in [0.5, 0.6) is 0 Å². The molecule has 1 aliphatic carbocycles. The molecule has 2 heterocycles. The molecule has 2 N–H and O–H groups in total. The molecule has 3 aromatic rings. The van der Waals surface area contributed by atoms with E-state index in [-0.39, 0.29) is 5.41 Å². The van der Waals surface area contributed by atoms with E-state index in [1.165, 1.54) is 5.56 Å². The molecule has 0 radical (unpaired) electrons. The Kier molecular flexibility index (Phi) is 5.13. The average molecular weight is 394 g/mol. The first-order valence-corrected chi connectivity index (χ1v) is 10.5. The first kappa shape index (κ1) is 18.6. The Morgan fingerprint density at radius 3 is 2.68 bits per heavy atom. The Bertz CT molecular complexity index is 1010. The number of thiophene rings is 1. The van der Waals surface area contributed by atoms with Crippen molar-refractivity contribution in [2.75, 3.05) is 11.9 Å². The third kappa shape index (κ3) is 3.64. The van der Waals surface area contributed by atoms with Crippen LogP contribution in [0.25, 0.3) is 10.9 Å². The third-order valence-corrected chi connectivity index (χ3v) is 6.26. The molecule has 1 aliphatic rings. The molecule has 0 aliphatic heterocycles. The third-order valence-electron chi connectivity index (χ3n) is 5.58. The van der Waals surface area contributed by atoms with Crippen molar-refractivity contribution in [3.63, 3.8) is 0 Å². The van der Waals surface area contributed by atoms with Gasteiger partial charge < -0.3 is 10.6 Å². The van der Waals surface area contributed by atoms with Crippen molar-refractivity contribution >= 4 is 39.7 Å². The van der Waals surface area contributed by atoms with Crippen LogP contribution in [0.3, 0.4) is 0 Å². The van der Waals surface area contributed by atoms with E-state index < -0.39 is 11.8 Å². The molecule has 0 bridgehead atoms. The van der Waals surface area contributed by atoms with Crippen molar-refractivity contribution in [3.05, 3.63) is 58.4 Å². The molecule has 5 nitrogen and oxygen atoms in total. The van der Waals surface area contributed by atoms with Gasteiger partial charge in [-0.05, 0) is 54.3 Å². The molecule has 4 rings (SSSR count). The summed E-state index contributed by atoms with van der Waals surface area (Å²) in [6.45, 7) is 2.36. The summed E-state index contributed by atoms with van der Waals surface area (Å²) in [6, 6.07) is 11.5. The normalized spacial score (nSPS) is 15.5. The van der Waals surface area contributed by atoms with Gasteiger partial charge in [0, 0.05) is 23.0 Å². The van der Waals surface area contributed by atoms with Crippen molar-refractivity contribution in [2.24, 2.45) is 0 Å². The molecule has 0 spiro atoms. The van der Waals surface area contributed by atoms with Gasteiger partial charge in [0.2, 0.25) is 0 Å². The van der Waals surface area contributed by atoms with Crippen LogP contribution in [0.15, 0.2) is 47.2 Å². The molecular weight excluding hydrogens is 370 g/mol. The monoisotopic (exact) mass is 393 g/mol. The molecule has 1 aromatic carbocycles. The Balaban J connectivity index is 1.47. The fourth-order valence-corrected chi connectivity index (χ4v) is 4.88. The van der Waals surface area contributed by atoms with Gasteiger partial charge in [-0.2, -0.15) is 11.3 Å². The van der Waals surface area contributed by atoms with E-state index in [9.17, 15) is 9.59 Å². The molecule has 0 saturated heterocycles. The van der Waals surface area contributed by atoms with Crippen molar-refractivity contribution in [2.45, 2.75) is 38.0 Å². The van der Waals surface area contributed by atoms with Crippen LogP contribution in [0.1, 0.15) is 36.9 Å². The molecule has 28 heavy (non-hydrogen) atoms. The highest BCUT2D eigenvalue weighted by Gasteiger charge is 2.36. The van der Waals surface area contributed by atoms with E-state index in [1.807, 2.05) is 31.2 Å². The summed E-state index contributed by atoms with van der Waals surface area (Å²) in [7, 11) is 0. The molecule has 1 fully saturated rings. The predicted molar refractivity (Wildman–Crippen MR) is 113 cm³/mol. The maximum Gasteiger partial charge on any atom is 0.313 e. The van der Waals surface area contributed by atoms with E-state index >= 15 is 0 Å². The van der Waals surface area contributed by atoms with Crippen LogP contribution >= 0.6 is 11.3 Å². The SMILES string of the molecule is Cc1cc(NC(=O)C(=O)NCC2(c3ccsc3)CCCC2)c2ccccc2n1. The minimum atomic E-state index is -0.644. The van der Waals surface area contributed by atoms with Crippen LogP contribution in [0.2, 0.25) is 0 Å². The second kappa shape index (κ2) is 7.72. The number of hydrogen-bond acceptors (Lipinski definition) is 4. The molecule has 0 atom stereocenters. The number of benzene rings is 1. The number of carbonyl (C=O) groups is 2. The molecule has 144 valence electrons. The number of pyridine rings is 1. The Morgan fingerprint density at radius 2 is 1.93 bits per heavy atom. The van der Waals surface area contributed by atoms with Gasteiger partial charge in [-0.1, -0.05) is 31.0 Å². The smallest absolute Gasteiger partial charge is 0.313 e. The molecule has 2 aromatic heterocycles. The number of nitrogens with one attached hydrogen (secondary N) is 2. The second-order valence-electron chi connectivity index (χ2n) is 7.46. The largest absolute Gasteiger partial charge is 0.347 e. The lowest BCUT2D eigenvalue weighted by molar-refractivity contribution is -0.136. The maximum atomic E-state index is 12.5. The predicted octanol–water partition coefficient (Wildman–Crippen LogP) is 4.17. The van der Waals surface area contributed by atoms with Crippen molar-refractivity contribution in [1.82, 2.24) is 10.3 Å². The van der Waals surface area contributed by atoms with Gasteiger partial charge in [0.1, 0.15) is 0 Å². The number of aryl methyl sites for hydroxylation is 1. The van der Waals surface area contributed by atoms with E-state index in [0.717, 1.165) is 42.3 Å². The lowest BCUT2D eigenvalue weighted by Gasteiger charge is -2.28. The van der Waals surface area contributed by atoms with Gasteiger partial charge in [-0.3, -0.25) is 14.6 Å². The number of aromatic nitrogens is 1. The summed E-state index contributed by atoms with van der Waals surface area (Å²) >= 11 is 1.67. The summed E-state index contributed by atoms with van der Waals surface area (Å²) in [6.07, 6.45) is 4.39. The minimum absolute atomic E-state index is 0.0457. The quantitative estimate of drug-likeness (QED) is 0.654. The molecule has 1 saturated carbocycles. The second-order valence-corrected chi connectivity index (χ2v) is 8.24. The highest BCUT2D eigenvalue weighted by molar-refractivity contribution is 7.08. The Labute approximate surface area is 168 Å². The highest BCUT2D eigenvalue weighted by atomic mass is 32.1. The van der Waals surface area contributed by atoms with E-state index in [0.29, 0.717) is 12.2 Å². The van der Waals surface area contributed by atoms with Crippen molar-refractivity contribution in [1.29, 1.82) is 0 Å². The van der Waals surface area contributed by atoms with Crippen molar-refractivity contribution in [3.8, 4) is 0 Å². The van der Waals surface area contributed by atoms with Crippen LogP contribution in [0, 0.1) is 6.92 Å². The highest BCUT2D eigenvalue weighted by Crippen LogP contribution is 2.41. The Morgan fingerprint density at radius 1 is 1.14 bits per heavy atom. The maximum absolute atomic E-state index is 12.5. The zero-order valence-corrected chi connectivity index (χ0v) is 16.6. The molecule has 0 unspecified atom stereocenters. The first-order chi connectivity index (χ1) is 13.6. The number of para-hydroxylation sites is 1. The van der Waals surface area contributed by atoms with E-state index in [2.05, 4.69) is 32.4 Å². The van der Waals surface area contributed by atoms with Crippen LogP contribution in [-0.2, 0) is 15.0 Å². The number of amides is 2. The van der Waals surface area contributed by atoms with Crippen LogP contribution in [-0.4, -0.2) is 23.3 Å². The summed E-state index contributed by atoms with van der Waals surface area (Å²) in [5, 5.41) is 10.7. The number of hydrogen-bond donors (Lipinski definition) is 2. The summed E-state index contributed by atoms with van der Waals surface area (Å²) in [4.78, 5) is 29.5. The standard InChI is InChI=1S/C22H23N3O2S/c1-15-12-19(17-6-2-3-7-18(17)24-15)25-21(27)20(26)23-14-22(9-4-5-10-22)16-8-11-28-13-16/h2-3,6-8,11-13H,4-5,9-10,14H2,1H3,(H,23,26)(H,24,25,27). The lowest BCUT2D eigenvalue weighted by Crippen LogP contribution is -2.43. The fourth-order valence-electron chi connectivity index (χ4n) is 4.11. The Hall–Kier alpha value is -2.73. The first-order valence-electron chi connectivity index (χ1n) is 9.56. The number of rotatable bonds is 4. The van der Waals surface area contributed by atoms with E-state index in [1.54, 1.807) is 17.4 Å². The number of nitrogens with zero attached hydrogens (tertiary/aromatic N) is 1. The van der Waals surface area contributed by atoms with Gasteiger partial charge in [0.25, 0.3) is 0 Å². The average Bonchev–Trinajstić information content (AvgIpc) is 3.38. The zero-order chi connectivity index (χ0) is 19.6. The summed E-state index contributed by atoms with van der Waals surface area (Å²) < 4.78 is 0. The number of carbonyl (C=O) groups excluding carboxylic acids is 2. The fraction of sp³-hybridized carbons (Fsp3) is 0.318. The lowest BCUT2D eigenvalue weighted by atomic mass is 9.80. The van der Waals surface area contributed by atoms with Crippen molar-refractivity contribution < 1.29 is 9.59 Å². The van der Waals surface area contributed by atoms with Gasteiger partial charge in [-0.15, -0.1) is 0 Å². The van der Waals surface area contributed by atoms with Gasteiger partial charge in [-0.25, -0.2) is 0 Å². The van der Waals surface area contributed by atoms with Gasteiger partial charge >= 0.3 is 11.8 Å². The number of fused-ring (bicyclic) bond motifs is 1. The minimum Gasteiger partial charge on any atom is -0.347 e. The molecule has 2 amide bonds. The number of anilines is 1. The van der Waals surface area contributed by atoms with Crippen LogP contribution < -0.4 is 10.6 Å². The van der Waals surface area contributed by atoms with Gasteiger partial charge in [0.05, 0.1) is 11.2 Å². The molecular formula is C22H23N3O2S. The molecule has 6 heteroatoms.